The van der Waals surface area contributed by atoms with Crippen molar-refractivity contribution in [3.63, 3.8) is 0 Å². The maximum atomic E-state index is 11.0. The summed E-state index contributed by atoms with van der Waals surface area (Å²) < 4.78 is 4.93. The van der Waals surface area contributed by atoms with Crippen LogP contribution in [0.1, 0.15) is 6.92 Å². The number of aromatic nitrogens is 1. The summed E-state index contributed by atoms with van der Waals surface area (Å²) in [6, 6.07) is 7.12. The van der Waals surface area contributed by atoms with Crippen LogP contribution in [0.15, 0.2) is 35.6 Å². The first-order valence-electron chi connectivity index (χ1n) is 5.65. The van der Waals surface area contributed by atoms with E-state index in [1.54, 1.807) is 18.2 Å². The van der Waals surface area contributed by atoms with Crippen molar-refractivity contribution in [2.75, 3.05) is 12.0 Å². The molecule has 0 saturated carbocycles. The second-order valence-corrected chi connectivity index (χ2v) is 3.59. The second-order valence-electron chi connectivity index (χ2n) is 3.59. The predicted molar refractivity (Wildman–Crippen MR) is 72.1 cm³/mol. The van der Waals surface area contributed by atoms with E-state index in [9.17, 15) is 10.1 Å². The van der Waals surface area contributed by atoms with Gasteiger partial charge in [0.25, 0.3) is 0 Å². The van der Waals surface area contributed by atoms with E-state index in [0.717, 1.165) is 0 Å². The molecule has 0 aliphatic rings. The summed E-state index contributed by atoms with van der Waals surface area (Å²) in [5.41, 5.74) is 3.46. The zero-order valence-corrected chi connectivity index (χ0v) is 10.2. The SMILES string of the molecule is CCOC=NNc1c([N+](=O)[O-])cnc2ccccc12. The molecule has 2 rings (SSSR count). The van der Waals surface area contributed by atoms with Gasteiger partial charge in [0.1, 0.15) is 11.9 Å². The van der Waals surface area contributed by atoms with E-state index in [-0.39, 0.29) is 5.69 Å². The highest BCUT2D eigenvalue weighted by molar-refractivity contribution is 5.95. The Labute approximate surface area is 109 Å². The maximum absolute atomic E-state index is 11.0. The van der Waals surface area contributed by atoms with Gasteiger partial charge in [-0.2, -0.15) is 0 Å². The molecule has 2 aromatic rings. The van der Waals surface area contributed by atoms with Gasteiger partial charge in [0, 0.05) is 5.39 Å². The maximum Gasteiger partial charge on any atom is 0.312 e. The lowest BCUT2D eigenvalue weighted by Gasteiger charge is -2.05. The van der Waals surface area contributed by atoms with Crippen molar-refractivity contribution in [2.45, 2.75) is 6.92 Å². The van der Waals surface area contributed by atoms with Crippen molar-refractivity contribution in [3.8, 4) is 0 Å². The largest absolute Gasteiger partial charge is 0.482 e. The Hall–Kier alpha value is -2.70. The first-order chi connectivity index (χ1) is 9.24. The predicted octanol–water partition coefficient (Wildman–Crippen LogP) is 2.53. The summed E-state index contributed by atoms with van der Waals surface area (Å²) in [6.45, 7) is 2.29. The Kier molecular flexibility index (Phi) is 3.87. The summed E-state index contributed by atoms with van der Waals surface area (Å²) in [5, 5.41) is 15.4. The summed E-state index contributed by atoms with van der Waals surface area (Å²) in [5.74, 6) is 0. The van der Waals surface area contributed by atoms with Crippen LogP contribution >= 0.6 is 0 Å². The number of hydrazone groups is 1. The van der Waals surface area contributed by atoms with Crippen LogP contribution in [-0.4, -0.2) is 22.9 Å². The number of nitrogens with zero attached hydrogens (tertiary/aromatic N) is 3. The summed E-state index contributed by atoms with van der Waals surface area (Å²) in [4.78, 5) is 14.5. The molecule has 0 aliphatic heterocycles. The number of rotatable bonds is 5. The average molecular weight is 260 g/mol. The highest BCUT2D eigenvalue weighted by Crippen LogP contribution is 2.31. The Morgan fingerprint density at radius 2 is 2.32 bits per heavy atom. The van der Waals surface area contributed by atoms with Crippen LogP contribution in [0.5, 0.6) is 0 Å². The zero-order chi connectivity index (χ0) is 13.7. The smallest absolute Gasteiger partial charge is 0.312 e. The number of hydrogen-bond acceptors (Lipinski definition) is 6. The van der Waals surface area contributed by atoms with Gasteiger partial charge in [-0.25, -0.2) is 4.98 Å². The Balaban J connectivity index is 2.46. The normalized spacial score (nSPS) is 10.8. The topological polar surface area (TPSA) is 89.6 Å². The van der Waals surface area contributed by atoms with E-state index in [1.165, 1.54) is 12.6 Å². The third-order valence-corrected chi connectivity index (χ3v) is 2.42. The summed E-state index contributed by atoms with van der Waals surface area (Å²) in [7, 11) is 0. The molecule has 0 radical (unpaired) electrons. The highest BCUT2D eigenvalue weighted by atomic mass is 16.6. The molecule has 0 saturated heterocycles. The molecule has 0 aliphatic carbocycles. The molecule has 0 bridgehead atoms. The third-order valence-electron chi connectivity index (χ3n) is 2.42. The van der Waals surface area contributed by atoms with Crippen LogP contribution in [0, 0.1) is 10.1 Å². The number of hydrogen-bond donors (Lipinski definition) is 1. The quantitative estimate of drug-likeness (QED) is 0.386. The number of pyridine rings is 1. The minimum atomic E-state index is -0.502. The molecule has 7 heteroatoms. The number of anilines is 1. The lowest BCUT2D eigenvalue weighted by Crippen LogP contribution is -1.99. The lowest BCUT2D eigenvalue weighted by atomic mass is 10.2. The fraction of sp³-hybridized carbons (Fsp3) is 0.167. The molecule has 0 amide bonds. The molecule has 0 atom stereocenters. The molecular formula is C12H12N4O3. The van der Waals surface area contributed by atoms with Crippen LogP contribution in [0.4, 0.5) is 11.4 Å². The fourth-order valence-corrected chi connectivity index (χ4v) is 1.59. The number of nitrogens with one attached hydrogen (secondary N) is 1. The Bertz CT molecular complexity index is 627. The minimum Gasteiger partial charge on any atom is -0.482 e. The van der Waals surface area contributed by atoms with Crippen LogP contribution in [-0.2, 0) is 4.74 Å². The molecule has 1 heterocycles. The van der Waals surface area contributed by atoms with Gasteiger partial charge in [0.2, 0.25) is 0 Å². The fourth-order valence-electron chi connectivity index (χ4n) is 1.59. The molecule has 98 valence electrons. The molecule has 1 aromatic heterocycles. The standard InChI is InChI=1S/C12H12N4O3/c1-2-19-8-14-15-12-9-5-3-4-6-10(9)13-7-11(12)16(17)18/h3-8H,2H2,1H3,(H,13,15). The van der Waals surface area contributed by atoms with Crippen molar-refractivity contribution >= 4 is 28.7 Å². The Morgan fingerprint density at radius 3 is 3.05 bits per heavy atom. The van der Waals surface area contributed by atoms with Gasteiger partial charge in [-0.15, -0.1) is 5.10 Å². The molecule has 0 fully saturated rings. The number of ether oxygens (including phenoxy) is 1. The van der Waals surface area contributed by atoms with Crippen molar-refractivity contribution < 1.29 is 9.66 Å². The van der Waals surface area contributed by atoms with Crippen molar-refractivity contribution in [1.82, 2.24) is 4.98 Å². The summed E-state index contributed by atoms with van der Waals surface area (Å²) >= 11 is 0. The van der Waals surface area contributed by atoms with Crippen molar-refractivity contribution in [2.24, 2.45) is 5.10 Å². The first-order valence-corrected chi connectivity index (χ1v) is 5.65. The number of nitro groups is 1. The van der Waals surface area contributed by atoms with E-state index in [4.69, 9.17) is 4.74 Å². The van der Waals surface area contributed by atoms with Crippen LogP contribution in [0.25, 0.3) is 10.9 Å². The molecular weight excluding hydrogens is 248 g/mol. The third kappa shape index (κ3) is 2.76. The van der Waals surface area contributed by atoms with E-state index in [2.05, 4.69) is 15.5 Å². The van der Waals surface area contributed by atoms with Gasteiger partial charge in [-0.3, -0.25) is 15.5 Å². The van der Waals surface area contributed by atoms with Gasteiger partial charge in [0.15, 0.2) is 6.40 Å². The average Bonchev–Trinajstić information content (AvgIpc) is 2.43. The van der Waals surface area contributed by atoms with E-state index >= 15 is 0 Å². The second kappa shape index (κ2) is 5.76. The lowest BCUT2D eigenvalue weighted by molar-refractivity contribution is -0.384. The number of fused-ring (bicyclic) bond motifs is 1. The van der Waals surface area contributed by atoms with Gasteiger partial charge < -0.3 is 4.74 Å². The molecule has 1 N–H and O–H groups in total. The van der Waals surface area contributed by atoms with Gasteiger partial charge in [0.05, 0.1) is 17.0 Å². The van der Waals surface area contributed by atoms with Crippen molar-refractivity contribution in [3.05, 3.63) is 40.6 Å². The monoisotopic (exact) mass is 260 g/mol. The van der Waals surface area contributed by atoms with Crippen molar-refractivity contribution in [1.29, 1.82) is 0 Å². The number of para-hydroxylation sites is 1. The van der Waals surface area contributed by atoms with E-state index in [1.807, 2.05) is 13.0 Å². The molecule has 1 aromatic carbocycles. The molecule has 7 nitrogen and oxygen atoms in total. The van der Waals surface area contributed by atoms with Gasteiger partial charge in [-0.05, 0) is 13.0 Å². The molecule has 19 heavy (non-hydrogen) atoms. The van der Waals surface area contributed by atoms with Crippen LogP contribution in [0.3, 0.4) is 0 Å². The van der Waals surface area contributed by atoms with Gasteiger partial charge >= 0.3 is 5.69 Å². The first kappa shape index (κ1) is 12.7. The zero-order valence-electron chi connectivity index (χ0n) is 10.2. The Morgan fingerprint density at radius 1 is 1.53 bits per heavy atom. The molecule has 0 spiro atoms. The summed E-state index contributed by atoms with van der Waals surface area (Å²) in [6.07, 6.45) is 2.42. The van der Waals surface area contributed by atoms with E-state index in [0.29, 0.717) is 23.2 Å². The van der Waals surface area contributed by atoms with Gasteiger partial charge in [-0.1, -0.05) is 18.2 Å². The number of benzene rings is 1. The van der Waals surface area contributed by atoms with Crippen LogP contribution < -0.4 is 5.43 Å². The minimum absolute atomic E-state index is 0.132. The highest BCUT2D eigenvalue weighted by Gasteiger charge is 2.17. The molecule has 0 unspecified atom stereocenters. The van der Waals surface area contributed by atoms with E-state index < -0.39 is 4.92 Å². The van der Waals surface area contributed by atoms with Crippen LogP contribution in [0.2, 0.25) is 0 Å².